The van der Waals surface area contributed by atoms with Crippen molar-refractivity contribution in [2.75, 3.05) is 44.2 Å². The molecule has 0 saturated carbocycles. The second kappa shape index (κ2) is 11.5. The van der Waals surface area contributed by atoms with E-state index in [1.54, 1.807) is 24.3 Å². The molecule has 0 radical (unpaired) electrons. The van der Waals surface area contributed by atoms with Crippen molar-refractivity contribution in [2.45, 2.75) is 0 Å². The van der Waals surface area contributed by atoms with Crippen LogP contribution < -0.4 is 15.4 Å². The van der Waals surface area contributed by atoms with Crippen molar-refractivity contribution in [3.8, 4) is 5.75 Å². The maximum Gasteiger partial charge on any atom is 0.248 e. The van der Waals surface area contributed by atoms with Crippen molar-refractivity contribution >= 4 is 51.8 Å². The third-order valence-electron chi connectivity index (χ3n) is 4.46. The number of carbonyl (C=O) groups is 1. The number of piperazine rings is 1. The molecule has 0 unspecified atom stereocenters. The number of amides is 1. The van der Waals surface area contributed by atoms with Crippen molar-refractivity contribution in [3.63, 3.8) is 0 Å². The summed E-state index contributed by atoms with van der Waals surface area (Å²) in [6.45, 7) is 5.25. The minimum Gasteiger partial charge on any atom is -0.492 e. The Hall–Kier alpha value is -1.51. The molecule has 4 N–H and O–H groups in total. The lowest BCUT2D eigenvalue weighted by atomic mass is 10.2. The molecule has 0 atom stereocenters. The van der Waals surface area contributed by atoms with Crippen molar-refractivity contribution in [1.82, 2.24) is 4.90 Å². The predicted molar refractivity (Wildman–Crippen MR) is 120 cm³/mol. The third-order valence-corrected chi connectivity index (χ3v) is 5.19. The molecule has 0 spiro atoms. The minimum atomic E-state index is -0.434. The van der Waals surface area contributed by atoms with Crippen LogP contribution in [0.5, 0.6) is 5.75 Å². The lowest BCUT2D eigenvalue weighted by Gasteiger charge is -2.36. The minimum absolute atomic E-state index is 0. The highest BCUT2D eigenvalue weighted by Crippen LogP contribution is 2.27. The molecular weight excluding hydrogens is 469 g/mol. The maximum atomic E-state index is 11.1. The molecule has 0 aromatic heterocycles. The molecule has 2 aromatic rings. The van der Waals surface area contributed by atoms with Gasteiger partial charge in [-0.3, -0.25) is 9.69 Å². The number of primary amides is 1. The first kappa shape index (κ1) is 24.5. The van der Waals surface area contributed by atoms with Gasteiger partial charge in [0, 0.05) is 44.0 Å². The fourth-order valence-electron chi connectivity index (χ4n) is 2.92. The number of nitrogens with zero attached hydrogens (tertiary/aromatic N) is 2. The number of rotatable bonds is 6. The van der Waals surface area contributed by atoms with E-state index in [4.69, 9.17) is 33.7 Å². The molecule has 28 heavy (non-hydrogen) atoms. The molecule has 1 aliphatic rings. The lowest BCUT2D eigenvalue weighted by molar-refractivity contribution is 0.1000. The Bertz CT molecular complexity index is 770. The van der Waals surface area contributed by atoms with Crippen molar-refractivity contribution < 1.29 is 15.0 Å². The molecular formula is C19H24BrCl2N3O3. The van der Waals surface area contributed by atoms with Gasteiger partial charge in [0.15, 0.2) is 0 Å². The molecule has 1 aliphatic heterocycles. The van der Waals surface area contributed by atoms with Gasteiger partial charge in [0.2, 0.25) is 5.91 Å². The van der Waals surface area contributed by atoms with E-state index in [2.05, 4.69) is 9.80 Å². The van der Waals surface area contributed by atoms with E-state index >= 15 is 0 Å². The van der Waals surface area contributed by atoms with E-state index in [0.29, 0.717) is 22.2 Å². The number of ether oxygens (including phenoxy) is 1. The maximum absolute atomic E-state index is 11.1. The summed E-state index contributed by atoms with van der Waals surface area (Å²) >= 11 is 12.1. The van der Waals surface area contributed by atoms with Gasteiger partial charge in [0.25, 0.3) is 0 Å². The topological polar surface area (TPSA) is 90.3 Å². The predicted octanol–water partition coefficient (Wildman–Crippen LogP) is 3.05. The van der Waals surface area contributed by atoms with E-state index in [1.165, 1.54) is 0 Å². The molecule has 2 aromatic carbocycles. The Labute approximate surface area is 185 Å². The highest BCUT2D eigenvalue weighted by molar-refractivity contribution is 8.93. The van der Waals surface area contributed by atoms with Gasteiger partial charge in [-0.05, 0) is 42.5 Å². The smallest absolute Gasteiger partial charge is 0.248 e. The highest BCUT2D eigenvalue weighted by atomic mass is 79.9. The van der Waals surface area contributed by atoms with E-state index in [0.717, 1.165) is 44.2 Å². The number of nitrogens with two attached hydrogens (primary N) is 1. The van der Waals surface area contributed by atoms with Gasteiger partial charge in [0.05, 0.1) is 10.0 Å². The fourth-order valence-corrected chi connectivity index (χ4v) is 3.21. The van der Waals surface area contributed by atoms with Crippen LogP contribution in [0.2, 0.25) is 10.0 Å². The van der Waals surface area contributed by atoms with Gasteiger partial charge in [-0.15, -0.1) is 17.0 Å². The number of benzene rings is 2. The van der Waals surface area contributed by atoms with Crippen LogP contribution in [0.1, 0.15) is 10.4 Å². The largest absolute Gasteiger partial charge is 0.492 e. The second-order valence-electron chi connectivity index (χ2n) is 6.16. The fraction of sp³-hybridized carbons (Fsp3) is 0.316. The summed E-state index contributed by atoms with van der Waals surface area (Å²) in [5.41, 5.74) is 6.81. The third kappa shape index (κ3) is 6.53. The molecule has 1 amide bonds. The Balaban J connectivity index is 0.00000196. The number of hydrogen-bond donors (Lipinski definition) is 1. The summed E-state index contributed by atoms with van der Waals surface area (Å²) in [6.07, 6.45) is 0. The normalized spacial score (nSPS) is 14.0. The molecule has 0 aliphatic carbocycles. The van der Waals surface area contributed by atoms with Crippen LogP contribution in [0.4, 0.5) is 5.69 Å². The number of hydrogen-bond acceptors (Lipinski definition) is 4. The summed E-state index contributed by atoms with van der Waals surface area (Å²) in [4.78, 5) is 15.7. The summed E-state index contributed by atoms with van der Waals surface area (Å²) in [6, 6.07) is 12.6. The van der Waals surface area contributed by atoms with E-state index < -0.39 is 5.91 Å². The van der Waals surface area contributed by atoms with Crippen LogP contribution in [0.3, 0.4) is 0 Å². The van der Waals surface area contributed by atoms with Crippen molar-refractivity contribution in [1.29, 1.82) is 0 Å². The summed E-state index contributed by atoms with van der Waals surface area (Å²) < 4.78 is 5.74. The molecule has 3 rings (SSSR count). The molecule has 6 nitrogen and oxygen atoms in total. The average Bonchev–Trinajstić information content (AvgIpc) is 2.65. The Kier molecular flexibility index (Phi) is 10.1. The molecule has 1 heterocycles. The summed E-state index contributed by atoms with van der Waals surface area (Å²) in [7, 11) is 0. The Morgan fingerprint density at radius 1 is 1.00 bits per heavy atom. The molecule has 9 heteroatoms. The molecule has 1 fully saturated rings. The number of anilines is 1. The summed E-state index contributed by atoms with van der Waals surface area (Å²) in [5.74, 6) is 0.306. The van der Waals surface area contributed by atoms with Gasteiger partial charge in [-0.25, -0.2) is 0 Å². The van der Waals surface area contributed by atoms with Gasteiger partial charge >= 0.3 is 0 Å². The van der Waals surface area contributed by atoms with Gasteiger partial charge in [-0.2, -0.15) is 0 Å². The van der Waals surface area contributed by atoms with Crippen molar-refractivity contribution in [3.05, 3.63) is 58.1 Å². The first-order valence-electron chi connectivity index (χ1n) is 8.48. The monoisotopic (exact) mass is 491 g/mol. The molecule has 0 bridgehead atoms. The number of carbonyl (C=O) groups excluding carboxylic acids is 1. The van der Waals surface area contributed by atoms with Crippen LogP contribution >= 0.6 is 40.2 Å². The molecule has 1 saturated heterocycles. The van der Waals surface area contributed by atoms with E-state index in [1.807, 2.05) is 18.2 Å². The highest BCUT2D eigenvalue weighted by Gasteiger charge is 2.17. The molecule has 154 valence electrons. The standard InChI is InChI=1S/C19H21Cl2N3O2.BrH.H2O/c20-17-6-3-15(13-18(17)21)24-9-7-23(8-10-24)11-12-26-16-4-1-14(2-5-16)19(22)25;;/h1-6,13H,7-12H2,(H2,22,25);1H;1H2. The van der Waals surface area contributed by atoms with Crippen LogP contribution in [0, 0.1) is 0 Å². The van der Waals surface area contributed by atoms with E-state index in [-0.39, 0.29) is 22.5 Å². The number of halogens is 3. The average molecular weight is 493 g/mol. The van der Waals surface area contributed by atoms with Crippen LogP contribution in [-0.4, -0.2) is 55.6 Å². The van der Waals surface area contributed by atoms with Gasteiger partial charge in [0.1, 0.15) is 12.4 Å². The van der Waals surface area contributed by atoms with Crippen LogP contribution in [0.15, 0.2) is 42.5 Å². The first-order valence-corrected chi connectivity index (χ1v) is 9.23. The Morgan fingerprint density at radius 3 is 2.21 bits per heavy atom. The SMILES string of the molecule is Br.NC(=O)c1ccc(OCCN2CCN(c3ccc(Cl)c(Cl)c3)CC2)cc1.O. The van der Waals surface area contributed by atoms with Crippen LogP contribution in [-0.2, 0) is 0 Å². The zero-order chi connectivity index (χ0) is 18.5. The van der Waals surface area contributed by atoms with Gasteiger partial charge < -0.3 is 20.8 Å². The van der Waals surface area contributed by atoms with Gasteiger partial charge in [-0.1, -0.05) is 23.2 Å². The summed E-state index contributed by atoms with van der Waals surface area (Å²) in [5, 5.41) is 1.16. The van der Waals surface area contributed by atoms with E-state index in [9.17, 15) is 4.79 Å². The zero-order valence-electron chi connectivity index (χ0n) is 15.2. The Morgan fingerprint density at radius 2 is 1.64 bits per heavy atom. The second-order valence-corrected chi connectivity index (χ2v) is 6.98. The zero-order valence-corrected chi connectivity index (χ0v) is 18.5. The van der Waals surface area contributed by atoms with Crippen molar-refractivity contribution in [2.24, 2.45) is 5.73 Å². The van der Waals surface area contributed by atoms with Crippen LogP contribution in [0.25, 0.3) is 0 Å². The lowest BCUT2D eigenvalue weighted by Crippen LogP contribution is -2.47. The first-order chi connectivity index (χ1) is 12.5. The quantitative estimate of drug-likeness (QED) is 0.670.